The minimum absolute atomic E-state index is 0.503. The Morgan fingerprint density at radius 3 is 2.43 bits per heavy atom. The van der Waals surface area contributed by atoms with Gasteiger partial charge in [-0.1, -0.05) is 11.6 Å². The molecule has 0 bridgehead atoms. The predicted octanol–water partition coefficient (Wildman–Crippen LogP) is 1.02. The maximum absolute atomic E-state index is 9.10. The number of aromatic nitrogens is 1. The second-order valence-electron chi connectivity index (χ2n) is 4.86. The molecule has 114 valence electrons. The number of hydrogen-bond acceptors (Lipinski definition) is 5. The number of piperidine rings is 1. The number of carboxylic acids is 2. The van der Waals surface area contributed by atoms with Gasteiger partial charge in [0.05, 0.1) is 6.20 Å². The van der Waals surface area contributed by atoms with Gasteiger partial charge in [0.25, 0.3) is 0 Å². The van der Waals surface area contributed by atoms with Gasteiger partial charge < -0.3 is 20.3 Å². The Hall–Kier alpha value is -1.86. The van der Waals surface area contributed by atoms with Crippen LogP contribution >= 0.6 is 11.6 Å². The number of halogens is 1. The lowest BCUT2D eigenvalue weighted by atomic mass is 9.68. The minimum Gasteiger partial charge on any atom is -0.490 e. The fourth-order valence-corrected chi connectivity index (χ4v) is 2.41. The van der Waals surface area contributed by atoms with E-state index in [1.54, 1.807) is 12.3 Å². The molecule has 1 aliphatic carbocycles. The molecule has 3 rings (SSSR count). The number of ether oxygens (including phenoxy) is 1. The minimum atomic E-state index is -1.82. The second-order valence-corrected chi connectivity index (χ2v) is 5.25. The normalized spacial score (nSPS) is 25.3. The number of nitrogens with zero attached hydrogens (tertiary/aromatic N) is 1. The van der Waals surface area contributed by atoms with Crippen LogP contribution in [0.4, 0.5) is 0 Å². The zero-order chi connectivity index (χ0) is 15.4. The molecule has 3 N–H and O–H groups in total. The molecular formula is C13H15ClN2O5. The van der Waals surface area contributed by atoms with Crippen LogP contribution in [0, 0.1) is 5.92 Å². The Morgan fingerprint density at radius 2 is 2.05 bits per heavy atom. The van der Waals surface area contributed by atoms with Crippen molar-refractivity contribution in [3.63, 3.8) is 0 Å². The van der Waals surface area contributed by atoms with Crippen LogP contribution < -0.4 is 10.1 Å². The number of rotatable bonds is 3. The van der Waals surface area contributed by atoms with Gasteiger partial charge in [0.2, 0.25) is 0 Å². The monoisotopic (exact) mass is 314 g/mol. The lowest BCUT2D eigenvalue weighted by molar-refractivity contribution is -0.159. The molecule has 2 aliphatic rings. The maximum Gasteiger partial charge on any atom is 0.414 e. The quantitative estimate of drug-likeness (QED) is 0.564. The highest BCUT2D eigenvalue weighted by Crippen LogP contribution is 2.38. The molecule has 0 radical (unpaired) electrons. The van der Waals surface area contributed by atoms with Crippen LogP contribution in [0.25, 0.3) is 0 Å². The molecule has 0 aromatic carbocycles. The first kappa shape index (κ1) is 15.5. The van der Waals surface area contributed by atoms with Gasteiger partial charge in [0.15, 0.2) is 0 Å². The van der Waals surface area contributed by atoms with Crippen molar-refractivity contribution >= 4 is 23.5 Å². The third-order valence-corrected chi connectivity index (χ3v) is 3.81. The largest absolute Gasteiger partial charge is 0.490 e. The summed E-state index contributed by atoms with van der Waals surface area (Å²) in [5.41, 5.74) is 0. The van der Waals surface area contributed by atoms with E-state index in [0.717, 1.165) is 24.3 Å². The van der Waals surface area contributed by atoms with Crippen LogP contribution in [0.1, 0.15) is 12.8 Å². The van der Waals surface area contributed by atoms with Gasteiger partial charge in [-0.15, -0.1) is 0 Å². The molecule has 1 saturated carbocycles. The van der Waals surface area contributed by atoms with Crippen molar-refractivity contribution in [2.24, 2.45) is 5.92 Å². The molecule has 2 heterocycles. The summed E-state index contributed by atoms with van der Waals surface area (Å²) >= 11 is 5.69. The number of nitrogens with one attached hydrogen (secondary N) is 1. The number of carboxylic acid groups (broad SMARTS) is 2. The summed E-state index contributed by atoms with van der Waals surface area (Å²) in [6, 6.07) is 4.92. The van der Waals surface area contributed by atoms with Gasteiger partial charge in [-0.3, -0.25) is 0 Å². The summed E-state index contributed by atoms with van der Waals surface area (Å²) in [6.07, 6.45) is 4.35. The number of carbonyl (C=O) groups is 2. The van der Waals surface area contributed by atoms with Crippen molar-refractivity contribution in [3.8, 4) is 5.75 Å². The molecule has 1 aliphatic heterocycles. The highest BCUT2D eigenvalue weighted by Gasteiger charge is 2.46. The van der Waals surface area contributed by atoms with Crippen LogP contribution in [0.3, 0.4) is 0 Å². The Kier molecular flexibility index (Phi) is 4.98. The molecule has 1 aromatic rings. The van der Waals surface area contributed by atoms with E-state index in [2.05, 4.69) is 10.3 Å². The van der Waals surface area contributed by atoms with Crippen molar-refractivity contribution in [3.05, 3.63) is 23.5 Å². The molecule has 3 unspecified atom stereocenters. The van der Waals surface area contributed by atoms with Crippen molar-refractivity contribution in [2.75, 3.05) is 6.61 Å². The topological polar surface area (TPSA) is 109 Å². The summed E-state index contributed by atoms with van der Waals surface area (Å²) in [6.45, 7) is 0.741. The molecule has 0 spiro atoms. The van der Waals surface area contributed by atoms with Crippen molar-refractivity contribution in [2.45, 2.75) is 24.9 Å². The van der Waals surface area contributed by atoms with E-state index in [1.807, 2.05) is 6.07 Å². The molecule has 21 heavy (non-hydrogen) atoms. The van der Waals surface area contributed by atoms with E-state index in [0.29, 0.717) is 11.2 Å². The summed E-state index contributed by atoms with van der Waals surface area (Å²) in [7, 11) is 0. The SMILES string of the molecule is Clc1ccc(OCC2NC3CCC32)cn1.O=C(O)C(=O)O. The van der Waals surface area contributed by atoms with E-state index < -0.39 is 11.9 Å². The molecule has 2 fully saturated rings. The Bertz CT molecular complexity index is 510. The summed E-state index contributed by atoms with van der Waals surface area (Å²) in [5.74, 6) is -2.00. The van der Waals surface area contributed by atoms with Crippen molar-refractivity contribution in [1.82, 2.24) is 10.3 Å². The highest BCUT2D eigenvalue weighted by molar-refractivity contribution is 6.29. The lowest BCUT2D eigenvalue weighted by Gasteiger charge is -2.53. The first-order chi connectivity index (χ1) is 9.97. The van der Waals surface area contributed by atoms with Crippen LogP contribution in [-0.2, 0) is 9.59 Å². The van der Waals surface area contributed by atoms with Gasteiger partial charge in [0.1, 0.15) is 17.5 Å². The first-order valence-electron chi connectivity index (χ1n) is 6.44. The van der Waals surface area contributed by atoms with Gasteiger partial charge in [-0.25, -0.2) is 14.6 Å². The van der Waals surface area contributed by atoms with E-state index in [4.69, 9.17) is 36.1 Å². The van der Waals surface area contributed by atoms with Crippen molar-refractivity contribution in [1.29, 1.82) is 0 Å². The Labute approximate surface area is 125 Å². The van der Waals surface area contributed by atoms with Gasteiger partial charge in [0, 0.05) is 12.1 Å². The standard InChI is InChI=1S/C11H13ClN2O.C2H2O4/c12-11-4-1-7(5-13-11)15-6-10-8-2-3-9(8)14-10;3-1(4)2(5)6/h1,4-5,8-10,14H,2-3,6H2;(H,3,4)(H,5,6). The van der Waals surface area contributed by atoms with E-state index in [9.17, 15) is 0 Å². The van der Waals surface area contributed by atoms with Crippen LogP contribution in [-0.4, -0.2) is 45.8 Å². The highest BCUT2D eigenvalue weighted by atomic mass is 35.5. The van der Waals surface area contributed by atoms with Crippen LogP contribution in [0.15, 0.2) is 18.3 Å². The molecule has 3 atom stereocenters. The fourth-order valence-electron chi connectivity index (χ4n) is 2.30. The predicted molar refractivity (Wildman–Crippen MR) is 73.4 cm³/mol. The van der Waals surface area contributed by atoms with E-state index in [1.165, 1.54) is 12.8 Å². The average molecular weight is 315 g/mol. The Balaban J connectivity index is 0.000000232. The zero-order valence-corrected chi connectivity index (χ0v) is 11.8. The molecule has 0 amide bonds. The van der Waals surface area contributed by atoms with Crippen molar-refractivity contribution < 1.29 is 24.5 Å². The summed E-state index contributed by atoms with van der Waals surface area (Å²) in [4.78, 5) is 22.2. The van der Waals surface area contributed by atoms with Gasteiger partial charge in [-0.05, 0) is 30.9 Å². The third kappa shape index (κ3) is 4.05. The number of fused-ring (bicyclic) bond motifs is 1. The number of aliphatic carboxylic acids is 2. The Morgan fingerprint density at radius 1 is 1.33 bits per heavy atom. The average Bonchev–Trinajstić information content (AvgIpc) is 2.42. The zero-order valence-electron chi connectivity index (χ0n) is 11.0. The molecular weight excluding hydrogens is 300 g/mol. The number of pyridine rings is 1. The summed E-state index contributed by atoms with van der Waals surface area (Å²) in [5, 5.41) is 18.8. The van der Waals surface area contributed by atoms with E-state index >= 15 is 0 Å². The fraction of sp³-hybridized carbons (Fsp3) is 0.462. The first-order valence-corrected chi connectivity index (χ1v) is 6.82. The maximum atomic E-state index is 9.10. The van der Waals surface area contributed by atoms with E-state index in [-0.39, 0.29) is 0 Å². The molecule has 1 saturated heterocycles. The molecule has 8 heteroatoms. The van der Waals surface area contributed by atoms with Crippen LogP contribution in [0.2, 0.25) is 5.15 Å². The summed E-state index contributed by atoms with van der Waals surface area (Å²) < 4.78 is 5.63. The lowest BCUT2D eigenvalue weighted by Crippen LogP contribution is -2.68. The van der Waals surface area contributed by atoms with Gasteiger partial charge in [-0.2, -0.15) is 0 Å². The van der Waals surface area contributed by atoms with Gasteiger partial charge >= 0.3 is 11.9 Å². The second kappa shape index (κ2) is 6.73. The molecule has 1 aromatic heterocycles. The number of hydrogen-bond donors (Lipinski definition) is 3. The smallest absolute Gasteiger partial charge is 0.414 e. The third-order valence-electron chi connectivity index (χ3n) is 3.59. The van der Waals surface area contributed by atoms with Crippen LogP contribution in [0.5, 0.6) is 5.75 Å². The molecule has 7 nitrogen and oxygen atoms in total.